The highest BCUT2D eigenvalue weighted by Crippen LogP contribution is 2.20. The van der Waals surface area contributed by atoms with E-state index in [2.05, 4.69) is 20.8 Å². The van der Waals surface area contributed by atoms with E-state index in [-0.39, 0.29) is 24.0 Å². The van der Waals surface area contributed by atoms with Crippen molar-refractivity contribution in [1.82, 2.24) is 10.2 Å². The molecule has 134 valence electrons. The van der Waals surface area contributed by atoms with Crippen LogP contribution >= 0.6 is 11.3 Å². The van der Waals surface area contributed by atoms with Gasteiger partial charge in [-0.2, -0.15) is 0 Å². The van der Waals surface area contributed by atoms with Gasteiger partial charge in [-0.25, -0.2) is 0 Å². The Morgan fingerprint density at radius 3 is 2.59 bits per heavy atom. The van der Waals surface area contributed by atoms with Crippen molar-refractivity contribution in [2.75, 3.05) is 10.6 Å². The summed E-state index contributed by atoms with van der Waals surface area (Å²) in [5, 5.41) is 14.2. The number of furan rings is 1. The number of aromatic nitrogens is 2. The molecular weight excluding hydrogens is 364 g/mol. The fourth-order valence-corrected chi connectivity index (χ4v) is 3.03. The van der Waals surface area contributed by atoms with E-state index in [9.17, 15) is 9.59 Å². The molecule has 0 bridgehead atoms. The Morgan fingerprint density at radius 1 is 1.04 bits per heavy atom. The first-order chi connectivity index (χ1) is 13.2. The van der Waals surface area contributed by atoms with Crippen LogP contribution in [0.3, 0.4) is 0 Å². The number of nitrogens with zero attached hydrogens (tertiary/aromatic N) is 2. The van der Waals surface area contributed by atoms with Crippen molar-refractivity contribution in [3.05, 3.63) is 71.4 Å². The maximum Gasteiger partial charge on any atom is 0.291 e. The average Bonchev–Trinajstić information content (AvgIpc) is 3.32. The second-order valence-electron chi connectivity index (χ2n) is 5.77. The lowest BCUT2D eigenvalue weighted by molar-refractivity contribution is -0.115. The Hall–Kier alpha value is -3.52. The van der Waals surface area contributed by atoms with E-state index in [1.54, 1.807) is 35.8 Å². The normalized spacial score (nSPS) is 10.7. The van der Waals surface area contributed by atoms with Gasteiger partial charge in [0.1, 0.15) is 11.1 Å². The molecule has 2 heterocycles. The molecule has 0 spiro atoms. The molecule has 0 aliphatic heterocycles. The highest BCUT2D eigenvalue weighted by Gasteiger charge is 2.12. The van der Waals surface area contributed by atoms with Crippen molar-refractivity contribution in [3.8, 4) is 0 Å². The first kappa shape index (κ1) is 16.9. The van der Waals surface area contributed by atoms with Crippen molar-refractivity contribution in [1.29, 1.82) is 0 Å². The third-order valence-corrected chi connectivity index (χ3v) is 4.44. The summed E-state index contributed by atoms with van der Waals surface area (Å²) < 4.78 is 5.55. The Morgan fingerprint density at radius 2 is 1.85 bits per heavy atom. The van der Waals surface area contributed by atoms with Gasteiger partial charge in [-0.3, -0.25) is 9.59 Å². The van der Waals surface area contributed by atoms with E-state index >= 15 is 0 Å². The van der Waals surface area contributed by atoms with E-state index < -0.39 is 0 Å². The largest absolute Gasteiger partial charge is 0.451 e. The van der Waals surface area contributed by atoms with E-state index in [0.29, 0.717) is 16.4 Å². The zero-order valence-corrected chi connectivity index (χ0v) is 14.8. The molecule has 0 unspecified atom stereocenters. The number of nitrogens with one attached hydrogen (secondary N) is 2. The van der Waals surface area contributed by atoms with E-state index in [0.717, 1.165) is 10.9 Å². The lowest BCUT2D eigenvalue weighted by atomic mass is 10.1. The molecule has 0 saturated carbocycles. The van der Waals surface area contributed by atoms with Crippen LogP contribution < -0.4 is 10.6 Å². The fourth-order valence-electron chi connectivity index (χ4n) is 2.57. The molecule has 0 aliphatic rings. The van der Waals surface area contributed by atoms with Crippen LogP contribution in [0.4, 0.5) is 10.8 Å². The first-order valence-electron chi connectivity index (χ1n) is 8.12. The molecule has 0 fully saturated rings. The predicted octanol–water partition coefficient (Wildman–Crippen LogP) is 3.72. The highest BCUT2D eigenvalue weighted by atomic mass is 32.1. The molecule has 0 saturated heterocycles. The summed E-state index contributed by atoms with van der Waals surface area (Å²) in [4.78, 5) is 24.3. The van der Waals surface area contributed by atoms with Crippen molar-refractivity contribution in [3.63, 3.8) is 0 Å². The van der Waals surface area contributed by atoms with Crippen LogP contribution in [-0.4, -0.2) is 22.0 Å². The molecule has 27 heavy (non-hydrogen) atoms. The smallest absolute Gasteiger partial charge is 0.291 e. The minimum Gasteiger partial charge on any atom is -0.451 e. The third-order valence-electron chi connectivity index (χ3n) is 3.83. The maximum atomic E-state index is 12.3. The average molecular weight is 378 g/mol. The predicted molar refractivity (Wildman–Crippen MR) is 103 cm³/mol. The summed E-state index contributed by atoms with van der Waals surface area (Å²) in [7, 11) is 0. The van der Waals surface area contributed by atoms with Gasteiger partial charge in [-0.1, -0.05) is 41.7 Å². The molecule has 7 nitrogen and oxygen atoms in total. The molecular formula is C19H14N4O3S. The zero-order valence-electron chi connectivity index (χ0n) is 14.0. The van der Waals surface area contributed by atoms with Gasteiger partial charge in [-0.15, -0.1) is 10.2 Å². The van der Waals surface area contributed by atoms with Crippen LogP contribution in [0, 0.1) is 0 Å². The van der Waals surface area contributed by atoms with E-state index in [1.165, 1.54) is 11.3 Å². The lowest BCUT2D eigenvalue weighted by Gasteiger charge is -2.05. The zero-order chi connectivity index (χ0) is 18.6. The summed E-state index contributed by atoms with van der Waals surface area (Å²) in [6, 6.07) is 16.2. The summed E-state index contributed by atoms with van der Waals surface area (Å²) in [6.07, 6.45) is 0.206. The summed E-state index contributed by atoms with van der Waals surface area (Å²) in [6.45, 7) is 0. The number of anilines is 2. The SMILES string of the molecule is O=C(Cc1ccc(NC(=O)c2cc3ccccc3o2)cc1)Nc1nncs1. The van der Waals surface area contributed by atoms with Crippen molar-refractivity contribution in [2.45, 2.75) is 6.42 Å². The maximum absolute atomic E-state index is 12.3. The van der Waals surface area contributed by atoms with Crippen LogP contribution in [0.25, 0.3) is 11.0 Å². The monoisotopic (exact) mass is 378 g/mol. The second kappa shape index (κ2) is 7.38. The number of rotatable bonds is 5. The Balaban J connectivity index is 1.38. The van der Waals surface area contributed by atoms with Crippen LogP contribution in [0.15, 0.2) is 64.5 Å². The number of hydrogen-bond acceptors (Lipinski definition) is 6. The van der Waals surface area contributed by atoms with Crippen molar-refractivity contribution < 1.29 is 14.0 Å². The molecule has 2 amide bonds. The van der Waals surface area contributed by atoms with Crippen molar-refractivity contribution in [2.24, 2.45) is 0 Å². The number of carbonyl (C=O) groups excluding carboxylic acids is 2. The van der Waals surface area contributed by atoms with Gasteiger partial charge in [0.25, 0.3) is 5.91 Å². The lowest BCUT2D eigenvalue weighted by Crippen LogP contribution is -2.14. The summed E-state index contributed by atoms with van der Waals surface area (Å²) in [5.74, 6) is -0.254. The number of hydrogen-bond donors (Lipinski definition) is 2. The molecule has 0 aliphatic carbocycles. The standard InChI is InChI=1S/C19H14N4O3S/c24-17(22-19-23-20-11-27-19)9-12-5-7-14(8-6-12)21-18(25)16-10-13-3-1-2-4-15(13)26-16/h1-8,10-11H,9H2,(H,21,25)(H,22,23,24). The summed E-state index contributed by atoms with van der Waals surface area (Å²) >= 11 is 1.26. The molecule has 4 rings (SSSR count). The van der Waals surface area contributed by atoms with Crippen LogP contribution in [0.5, 0.6) is 0 Å². The van der Waals surface area contributed by atoms with Gasteiger partial charge >= 0.3 is 0 Å². The van der Waals surface area contributed by atoms with Crippen LogP contribution in [0.2, 0.25) is 0 Å². The van der Waals surface area contributed by atoms with Crippen molar-refractivity contribution >= 4 is 44.9 Å². The van der Waals surface area contributed by atoms with Gasteiger partial charge in [0.15, 0.2) is 5.76 Å². The number of amides is 2. The second-order valence-corrected chi connectivity index (χ2v) is 6.60. The molecule has 0 radical (unpaired) electrons. The molecule has 0 atom stereocenters. The van der Waals surface area contributed by atoms with Gasteiger partial charge < -0.3 is 15.1 Å². The number of benzene rings is 2. The molecule has 4 aromatic rings. The first-order valence-corrected chi connectivity index (χ1v) is 9.00. The Bertz CT molecular complexity index is 1050. The molecule has 2 N–H and O–H groups in total. The Labute approximate surface area is 158 Å². The number of para-hydroxylation sites is 1. The number of carbonyl (C=O) groups is 2. The molecule has 8 heteroatoms. The topological polar surface area (TPSA) is 97.1 Å². The third kappa shape index (κ3) is 4.01. The minimum atomic E-state index is -0.326. The molecule has 2 aromatic heterocycles. The van der Waals surface area contributed by atoms with Gasteiger partial charge in [0.2, 0.25) is 11.0 Å². The van der Waals surface area contributed by atoms with Crippen LogP contribution in [0.1, 0.15) is 16.1 Å². The fraction of sp³-hybridized carbons (Fsp3) is 0.0526. The number of fused-ring (bicyclic) bond motifs is 1. The van der Waals surface area contributed by atoms with E-state index in [4.69, 9.17) is 4.42 Å². The Kier molecular flexibility index (Phi) is 4.63. The minimum absolute atomic E-state index is 0.175. The van der Waals surface area contributed by atoms with E-state index in [1.807, 2.05) is 24.3 Å². The van der Waals surface area contributed by atoms with Crippen LogP contribution in [-0.2, 0) is 11.2 Å². The van der Waals surface area contributed by atoms with Gasteiger partial charge in [0, 0.05) is 11.1 Å². The molecule has 2 aromatic carbocycles. The quantitative estimate of drug-likeness (QED) is 0.552. The highest BCUT2D eigenvalue weighted by molar-refractivity contribution is 7.13. The van der Waals surface area contributed by atoms with Gasteiger partial charge in [0.05, 0.1) is 6.42 Å². The summed E-state index contributed by atoms with van der Waals surface area (Å²) in [5.41, 5.74) is 3.65. The van der Waals surface area contributed by atoms with Gasteiger partial charge in [-0.05, 0) is 29.8 Å².